The van der Waals surface area contributed by atoms with Crippen molar-refractivity contribution in [1.82, 2.24) is 9.80 Å². The molecule has 1 aromatic carbocycles. The Morgan fingerprint density at radius 1 is 1.05 bits per heavy atom. The molecule has 104 valence electrons. The molecule has 1 heterocycles. The van der Waals surface area contributed by atoms with Crippen LogP contribution in [0.3, 0.4) is 0 Å². The van der Waals surface area contributed by atoms with Gasteiger partial charge in [0.05, 0.1) is 0 Å². The molecule has 0 radical (unpaired) electrons. The molecule has 2 aliphatic rings. The number of rotatable bonds is 4. The van der Waals surface area contributed by atoms with Crippen molar-refractivity contribution in [3.05, 3.63) is 35.4 Å². The summed E-state index contributed by atoms with van der Waals surface area (Å²) < 4.78 is 0. The van der Waals surface area contributed by atoms with Crippen molar-refractivity contribution in [1.29, 1.82) is 0 Å². The van der Waals surface area contributed by atoms with Gasteiger partial charge in [-0.15, -0.1) is 0 Å². The van der Waals surface area contributed by atoms with Gasteiger partial charge in [0, 0.05) is 37.4 Å². The van der Waals surface area contributed by atoms with Gasteiger partial charge in [0.25, 0.3) is 0 Å². The molecule has 3 heteroatoms. The highest BCUT2D eigenvalue weighted by Crippen LogP contribution is 2.35. The molecule has 0 saturated carbocycles. The van der Waals surface area contributed by atoms with Crippen molar-refractivity contribution < 1.29 is 0 Å². The van der Waals surface area contributed by atoms with E-state index in [1.807, 2.05) is 0 Å². The molecule has 1 aromatic rings. The van der Waals surface area contributed by atoms with Crippen LogP contribution in [-0.2, 0) is 6.42 Å². The molecule has 1 atom stereocenters. The summed E-state index contributed by atoms with van der Waals surface area (Å²) in [6, 6.07) is 8.95. The Morgan fingerprint density at radius 3 is 2.68 bits per heavy atom. The topological polar surface area (TPSA) is 6.48 Å². The fourth-order valence-corrected chi connectivity index (χ4v) is 3.89. The molecule has 0 N–H and O–H groups in total. The predicted molar refractivity (Wildman–Crippen MR) is 84.2 cm³/mol. The summed E-state index contributed by atoms with van der Waals surface area (Å²) >= 11 is 3.55. The molecule has 1 aliphatic carbocycles. The molecule has 0 spiro atoms. The quantitative estimate of drug-likeness (QED) is 0.786. The van der Waals surface area contributed by atoms with Crippen LogP contribution in [-0.4, -0.2) is 54.4 Å². The maximum Gasteiger partial charge on any atom is 0.0159 e. The van der Waals surface area contributed by atoms with Crippen LogP contribution in [0.15, 0.2) is 24.3 Å². The fraction of sp³-hybridized carbons (Fsp3) is 0.625. The Balaban J connectivity index is 1.52. The van der Waals surface area contributed by atoms with Crippen LogP contribution in [0.25, 0.3) is 0 Å². The van der Waals surface area contributed by atoms with E-state index in [4.69, 9.17) is 0 Å². The molecule has 0 aromatic heterocycles. The minimum absolute atomic E-state index is 0.791. The van der Waals surface area contributed by atoms with Gasteiger partial charge in [-0.1, -0.05) is 40.2 Å². The Morgan fingerprint density at radius 2 is 1.84 bits per heavy atom. The zero-order chi connectivity index (χ0) is 13.1. The largest absolute Gasteiger partial charge is 0.301 e. The van der Waals surface area contributed by atoms with Gasteiger partial charge in [-0.05, 0) is 37.1 Å². The van der Waals surface area contributed by atoms with Crippen molar-refractivity contribution in [2.45, 2.75) is 18.8 Å². The summed E-state index contributed by atoms with van der Waals surface area (Å²) in [5, 5.41) is 1.10. The molecule has 1 unspecified atom stereocenters. The molecule has 1 fully saturated rings. The standard InChI is InChI=1S/C16H23BrN2/c17-6-9-18-7-3-8-19(11-10-18)13-15-12-14-4-1-2-5-16(14)15/h1-2,4-5,15H,3,6-13H2. The van der Waals surface area contributed by atoms with Crippen molar-refractivity contribution in [3.8, 4) is 0 Å². The first-order valence-corrected chi connectivity index (χ1v) is 8.57. The van der Waals surface area contributed by atoms with E-state index < -0.39 is 0 Å². The molecule has 19 heavy (non-hydrogen) atoms. The Bertz CT molecular complexity index is 421. The summed E-state index contributed by atoms with van der Waals surface area (Å²) in [6.07, 6.45) is 2.61. The molecule has 1 aliphatic heterocycles. The van der Waals surface area contributed by atoms with Gasteiger partial charge in [0.15, 0.2) is 0 Å². The third kappa shape index (κ3) is 3.21. The van der Waals surface area contributed by atoms with Crippen LogP contribution >= 0.6 is 15.9 Å². The van der Waals surface area contributed by atoms with E-state index in [-0.39, 0.29) is 0 Å². The van der Waals surface area contributed by atoms with Crippen LogP contribution in [0.2, 0.25) is 0 Å². The summed E-state index contributed by atoms with van der Waals surface area (Å²) in [7, 11) is 0. The van der Waals surface area contributed by atoms with E-state index in [2.05, 4.69) is 50.0 Å². The SMILES string of the molecule is BrCCN1CCCN(CC2Cc3ccccc32)CC1. The van der Waals surface area contributed by atoms with Gasteiger partial charge >= 0.3 is 0 Å². The van der Waals surface area contributed by atoms with Crippen molar-refractivity contribution >= 4 is 15.9 Å². The van der Waals surface area contributed by atoms with Crippen molar-refractivity contribution in [2.75, 3.05) is 44.6 Å². The molecular weight excluding hydrogens is 300 g/mol. The second kappa shape index (κ2) is 6.38. The maximum atomic E-state index is 3.55. The third-order valence-electron chi connectivity index (χ3n) is 4.52. The average Bonchev–Trinajstić information content (AvgIpc) is 2.62. The zero-order valence-electron chi connectivity index (χ0n) is 11.5. The molecule has 1 saturated heterocycles. The number of alkyl halides is 1. The first-order chi connectivity index (χ1) is 9.36. The van der Waals surface area contributed by atoms with E-state index in [9.17, 15) is 0 Å². The third-order valence-corrected chi connectivity index (χ3v) is 4.88. The van der Waals surface area contributed by atoms with Gasteiger partial charge in [0.2, 0.25) is 0 Å². The summed E-state index contributed by atoms with van der Waals surface area (Å²) in [6.45, 7) is 7.48. The smallest absolute Gasteiger partial charge is 0.0159 e. The predicted octanol–water partition coefficient (Wildman–Crippen LogP) is 2.73. The summed E-state index contributed by atoms with van der Waals surface area (Å²) in [4.78, 5) is 5.26. The lowest BCUT2D eigenvalue weighted by Crippen LogP contribution is -2.36. The average molecular weight is 323 g/mol. The number of halogens is 1. The minimum atomic E-state index is 0.791. The fourth-order valence-electron chi connectivity index (χ4n) is 3.39. The molecular formula is C16H23BrN2. The highest BCUT2D eigenvalue weighted by Gasteiger charge is 2.27. The highest BCUT2D eigenvalue weighted by atomic mass is 79.9. The molecule has 0 amide bonds. The number of hydrogen-bond acceptors (Lipinski definition) is 2. The zero-order valence-corrected chi connectivity index (χ0v) is 13.1. The lowest BCUT2D eigenvalue weighted by molar-refractivity contribution is 0.245. The van der Waals surface area contributed by atoms with Crippen LogP contribution < -0.4 is 0 Å². The van der Waals surface area contributed by atoms with Crippen molar-refractivity contribution in [2.24, 2.45) is 0 Å². The summed E-state index contributed by atoms with van der Waals surface area (Å²) in [5.74, 6) is 0.791. The van der Waals surface area contributed by atoms with Gasteiger partial charge in [-0.25, -0.2) is 0 Å². The Labute approximate surface area is 124 Å². The molecule has 0 bridgehead atoms. The van der Waals surface area contributed by atoms with Crippen LogP contribution in [0.5, 0.6) is 0 Å². The van der Waals surface area contributed by atoms with E-state index in [0.29, 0.717) is 0 Å². The van der Waals surface area contributed by atoms with Gasteiger partial charge in [-0.3, -0.25) is 0 Å². The first kappa shape index (κ1) is 13.6. The minimum Gasteiger partial charge on any atom is -0.301 e. The second-order valence-corrected chi connectivity index (χ2v) is 6.58. The van der Waals surface area contributed by atoms with Crippen LogP contribution in [0.4, 0.5) is 0 Å². The van der Waals surface area contributed by atoms with Gasteiger partial charge in [-0.2, -0.15) is 0 Å². The van der Waals surface area contributed by atoms with Crippen LogP contribution in [0, 0.1) is 0 Å². The number of fused-ring (bicyclic) bond motifs is 1. The Kier molecular flexibility index (Phi) is 4.57. The maximum absolute atomic E-state index is 3.55. The number of nitrogens with zero attached hydrogens (tertiary/aromatic N) is 2. The van der Waals surface area contributed by atoms with Crippen molar-refractivity contribution in [3.63, 3.8) is 0 Å². The highest BCUT2D eigenvalue weighted by molar-refractivity contribution is 9.09. The van der Waals surface area contributed by atoms with Crippen LogP contribution in [0.1, 0.15) is 23.5 Å². The summed E-state index contributed by atoms with van der Waals surface area (Å²) in [5.41, 5.74) is 3.17. The monoisotopic (exact) mass is 322 g/mol. The van der Waals surface area contributed by atoms with Gasteiger partial charge < -0.3 is 9.80 Å². The van der Waals surface area contributed by atoms with E-state index >= 15 is 0 Å². The second-order valence-electron chi connectivity index (χ2n) is 5.78. The normalized spacial score (nSPS) is 24.6. The van der Waals surface area contributed by atoms with E-state index in [1.54, 1.807) is 11.1 Å². The Hall–Kier alpha value is -0.380. The van der Waals surface area contributed by atoms with E-state index in [0.717, 1.165) is 11.2 Å². The van der Waals surface area contributed by atoms with Gasteiger partial charge in [0.1, 0.15) is 0 Å². The molecule has 3 rings (SSSR count). The lowest BCUT2D eigenvalue weighted by atomic mass is 9.77. The lowest BCUT2D eigenvalue weighted by Gasteiger charge is -2.34. The van der Waals surface area contributed by atoms with E-state index in [1.165, 1.54) is 52.1 Å². The first-order valence-electron chi connectivity index (χ1n) is 7.45. The number of benzene rings is 1. The molecule has 2 nitrogen and oxygen atoms in total. The number of hydrogen-bond donors (Lipinski definition) is 0.